The molecule has 1 aliphatic heterocycles. The van der Waals surface area contributed by atoms with Gasteiger partial charge in [-0.1, -0.05) is 12.1 Å². The Kier molecular flexibility index (Phi) is 8.19. The fourth-order valence-corrected chi connectivity index (χ4v) is 3.02. The van der Waals surface area contributed by atoms with Crippen LogP contribution in [0.5, 0.6) is 0 Å². The maximum Gasteiger partial charge on any atom is 0.315 e. The van der Waals surface area contributed by atoms with E-state index in [1.807, 2.05) is 43.0 Å². The number of nitrogens with two attached hydrogens (primary N) is 1. The first-order chi connectivity index (χ1) is 11.4. The highest BCUT2D eigenvalue weighted by Crippen LogP contribution is 2.24. The molecule has 4 N–H and O–H groups in total. The molecule has 0 saturated carbocycles. The average Bonchev–Trinajstić information content (AvgIpc) is 2.93. The number of halogens is 1. The first-order valence-electron chi connectivity index (χ1n) is 8.55. The Hall–Kier alpha value is -1.79. The van der Waals surface area contributed by atoms with Crippen LogP contribution in [0.25, 0.3) is 0 Å². The van der Waals surface area contributed by atoms with Crippen molar-refractivity contribution in [3.05, 3.63) is 35.4 Å². The van der Waals surface area contributed by atoms with Gasteiger partial charge in [0.2, 0.25) is 0 Å². The number of nitrogens with zero attached hydrogens (tertiary/aromatic N) is 1. The topological polar surface area (TPSA) is 87.5 Å². The summed E-state index contributed by atoms with van der Waals surface area (Å²) in [6.45, 7) is 7.68. The number of hydrogen-bond donors (Lipinski definition) is 3. The smallest absolute Gasteiger partial charge is 0.315 e. The van der Waals surface area contributed by atoms with Crippen molar-refractivity contribution in [3.63, 3.8) is 0 Å². The van der Waals surface area contributed by atoms with Gasteiger partial charge in [-0.25, -0.2) is 4.79 Å². The molecule has 0 bridgehead atoms. The largest absolute Gasteiger partial charge is 0.336 e. The predicted molar refractivity (Wildman–Crippen MR) is 102 cm³/mol. The molecule has 1 aromatic rings. The van der Waals surface area contributed by atoms with E-state index in [4.69, 9.17) is 5.73 Å². The van der Waals surface area contributed by atoms with Crippen molar-refractivity contribution in [2.24, 2.45) is 11.7 Å². The molecule has 0 aromatic heterocycles. The second-order valence-electron chi connectivity index (χ2n) is 6.82. The Morgan fingerprint density at radius 3 is 2.44 bits per heavy atom. The van der Waals surface area contributed by atoms with E-state index in [-0.39, 0.29) is 36.4 Å². The third kappa shape index (κ3) is 5.90. The van der Waals surface area contributed by atoms with Crippen molar-refractivity contribution in [2.45, 2.75) is 45.8 Å². The van der Waals surface area contributed by atoms with Crippen LogP contribution in [0.15, 0.2) is 24.3 Å². The zero-order valence-electron chi connectivity index (χ0n) is 15.1. The van der Waals surface area contributed by atoms with Crippen molar-refractivity contribution in [3.8, 4) is 0 Å². The van der Waals surface area contributed by atoms with Crippen molar-refractivity contribution in [2.75, 3.05) is 13.1 Å². The molecular weight excluding hydrogens is 340 g/mol. The number of likely N-dealkylation sites (tertiary alicyclic amines) is 1. The van der Waals surface area contributed by atoms with Gasteiger partial charge in [-0.05, 0) is 57.4 Å². The molecule has 140 valence electrons. The molecule has 1 fully saturated rings. The van der Waals surface area contributed by atoms with Gasteiger partial charge >= 0.3 is 6.03 Å². The van der Waals surface area contributed by atoms with Crippen LogP contribution in [-0.2, 0) is 6.54 Å². The number of amides is 3. The molecule has 2 rings (SSSR count). The van der Waals surface area contributed by atoms with E-state index in [1.54, 1.807) is 0 Å². The summed E-state index contributed by atoms with van der Waals surface area (Å²) in [6, 6.07) is 7.54. The van der Waals surface area contributed by atoms with E-state index in [0.717, 1.165) is 18.5 Å². The first-order valence-corrected chi connectivity index (χ1v) is 8.55. The summed E-state index contributed by atoms with van der Waals surface area (Å²) in [4.78, 5) is 26.1. The molecule has 6 nitrogen and oxygen atoms in total. The minimum atomic E-state index is -0.191. The maximum absolute atomic E-state index is 12.6. The van der Waals surface area contributed by atoms with E-state index in [0.29, 0.717) is 24.6 Å². The van der Waals surface area contributed by atoms with E-state index >= 15 is 0 Å². The molecule has 0 radical (unpaired) electrons. The molecule has 0 aliphatic carbocycles. The van der Waals surface area contributed by atoms with Crippen LogP contribution in [0.2, 0.25) is 0 Å². The Labute approximate surface area is 155 Å². The highest BCUT2D eigenvalue weighted by molar-refractivity contribution is 5.94. The summed E-state index contributed by atoms with van der Waals surface area (Å²) in [5, 5.41) is 5.57. The second kappa shape index (κ2) is 9.63. The highest BCUT2D eigenvalue weighted by Gasteiger charge is 2.31. The molecule has 3 amide bonds. The molecule has 1 saturated heterocycles. The minimum absolute atomic E-state index is 0. The van der Waals surface area contributed by atoms with Gasteiger partial charge in [-0.3, -0.25) is 4.79 Å². The quantitative estimate of drug-likeness (QED) is 0.743. The van der Waals surface area contributed by atoms with E-state index in [1.165, 1.54) is 0 Å². The van der Waals surface area contributed by atoms with Crippen molar-refractivity contribution < 1.29 is 9.59 Å². The average molecular weight is 369 g/mol. The lowest BCUT2D eigenvalue weighted by Crippen LogP contribution is -2.39. The van der Waals surface area contributed by atoms with E-state index in [9.17, 15) is 9.59 Å². The maximum atomic E-state index is 12.6. The third-order valence-electron chi connectivity index (χ3n) is 4.33. The molecule has 7 heteroatoms. The van der Waals surface area contributed by atoms with Gasteiger partial charge in [-0.15, -0.1) is 12.4 Å². The number of benzene rings is 1. The van der Waals surface area contributed by atoms with Gasteiger partial charge in [0.1, 0.15) is 0 Å². The minimum Gasteiger partial charge on any atom is -0.336 e. The second-order valence-corrected chi connectivity index (χ2v) is 6.82. The van der Waals surface area contributed by atoms with Crippen LogP contribution in [0.1, 0.15) is 43.1 Å². The predicted octanol–water partition coefficient (Wildman–Crippen LogP) is 2.13. The number of nitrogens with one attached hydrogen (secondary N) is 2. The molecule has 0 spiro atoms. The first kappa shape index (κ1) is 21.3. The van der Waals surface area contributed by atoms with Gasteiger partial charge in [0, 0.05) is 30.7 Å². The van der Waals surface area contributed by atoms with Crippen LogP contribution in [0.3, 0.4) is 0 Å². The summed E-state index contributed by atoms with van der Waals surface area (Å²) in [6.07, 6.45) is 0.967. The van der Waals surface area contributed by atoms with Crippen molar-refractivity contribution in [1.29, 1.82) is 0 Å². The van der Waals surface area contributed by atoms with Crippen LogP contribution >= 0.6 is 12.4 Å². The molecule has 25 heavy (non-hydrogen) atoms. The fraction of sp³-hybridized carbons (Fsp3) is 0.556. The summed E-state index contributed by atoms with van der Waals surface area (Å²) in [7, 11) is 0. The lowest BCUT2D eigenvalue weighted by molar-refractivity contribution is 0.0743. The Balaban J connectivity index is 0.00000312. The lowest BCUT2D eigenvalue weighted by atomic mass is 10.1. The molecule has 2 unspecified atom stereocenters. The number of urea groups is 1. The SMILES string of the molecule is CC(C)NC(=O)NCc1ccc(C(=O)N2CC(CN)CC2C)cc1.Cl. The monoisotopic (exact) mass is 368 g/mol. The summed E-state index contributed by atoms with van der Waals surface area (Å²) < 4.78 is 0. The molecule has 2 atom stereocenters. The molecular formula is C18H29ClN4O2. The fourth-order valence-electron chi connectivity index (χ4n) is 3.02. The molecule has 1 aliphatic rings. The van der Waals surface area contributed by atoms with Gasteiger partial charge < -0.3 is 21.3 Å². The van der Waals surface area contributed by atoms with Gasteiger partial charge in [-0.2, -0.15) is 0 Å². The normalized spacial score (nSPS) is 19.5. The van der Waals surface area contributed by atoms with E-state index < -0.39 is 0 Å². The van der Waals surface area contributed by atoms with Crippen LogP contribution in [0, 0.1) is 5.92 Å². The van der Waals surface area contributed by atoms with E-state index in [2.05, 4.69) is 17.6 Å². The van der Waals surface area contributed by atoms with Crippen LogP contribution in [0.4, 0.5) is 4.79 Å². The van der Waals surface area contributed by atoms with Crippen LogP contribution < -0.4 is 16.4 Å². The standard InChI is InChI=1S/C18H28N4O2.ClH/c1-12(2)21-18(24)20-10-14-4-6-16(7-5-14)17(23)22-11-15(9-19)8-13(22)3;/h4-7,12-13,15H,8-11,19H2,1-3H3,(H2,20,21,24);1H. The van der Waals surface area contributed by atoms with Gasteiger partial charge in [0.05, 0.1) is 0 Å². The van der Waals surface area contributed by atoms with Crippen LogP contribution in [-0.4, -0.2) is 42.0 Å². The van der Waals surface area contributed by atoms with Gasteiger partial charge in [0.15, 0.2) is 0 Å². The molecule has 1 heterocycles. The molecule has 1 aromatic carbocycles. The summed E-state index contributed by atoms with van der Waals surface area (Å²) >= 11 is 0. The Morgan fingerprint density at radius 2 is 1.92 bits per heavy atom. The number of carbonyl (C=O) groups excluding carboxylic acids is 2. The highest BCUT2D eigenvalue weighted by atomic mass is 35.5. The number of carbonyl (C=O) groups is 2. The lowest BCUT2D eigenvalue weighted by Gasteiger charge is -2.21. The Bertz CT molecular complexity index is 577. The zero-order chi connectivity index (χ0) is 17.7. The summed E-state index contributed by atoms with van der Waals surface area (Å²) in [5.74, 6) is 0.447. The van der Waals surface area contributed by atoms with Gasteiger partial charge in [0.25, 0.3) is 5.91 Å². The summed E-state index contributed by atoms with van der Waals surface area (Å²) in [5.41, 5.74) is 7.36. The number of rotatable bonds is 5. The third-order valence-corrected chi connectivity index (χ3v) is 4.33. The Morgan fingerprint density at radius 1 is 1.28 bits per heavy atom. The zero-order valence-corrected chi connectivity index (χ0v) is 15.9. The van der Waals surface area contributed by atoms with Crippen molar-refractivity contribution in [1.82, 2.24) is 15.5 Å². The number of hydrogen-bond acceptors (Lipinski definition) is 3. The van der Waals surface area contributed by atoms with Crippen molar-refractivity contribution >= 4 is 24.3 Å².